The largest absolute Gasteiger partial charge is 0.388 e. The number of amides is 1. The number of hydrogen-bond donors (Lipinski definition) is 2. The fourth-order valence-corrected chi connectivity index (χ4v) is 2.90. The van der Waals surface area contributed by atoms with Crippen molar-refractivity contribution in [3.63, 3.8) is 0 Å². The van der Waals surface area contributed by atoms with Gasteiger partial charge in [0.15, 0.2) is 0 Å². The fourth-order valence-electron chi connectivity index (χ4n) is 2.40. The number of benzene rings is 1. The summed E-state index contributed by atoms with van der Waals surface area (Å²) in [5.74, 6) is -0.256. The first-order chi connectivity index (χ1) is 10.5. The molecule has 1 aromatic rings. The average molecular weight is 342 g/mol. The molecule has 0 unspecified atom stereocenters. The van der Waals surface area contributed by atoms with Crippen LogP contribution in [0.15, 0.2) is 24.3 Å². The number of aliphatic hydroxyl groups excluding tert-OH is 1. The summed E-state index contributed by atoms with van der Waals surface area (Å²) in [6.45, 7) is 1.97. The minimum absolute atomic E-state index is 0.0663. The number of carbonyl (C=O) groups excluding carboxylic acids is 1. The topological polar surface area (TPSA) is 98.2 Å². The zero-order chi connectivity index (χ0) is 17.4. The van der Waals surface area contributed by atoms with E-state index in [1.165, 1.54) is 11.9 Å². The van der Waals surface area contributed by atoms with Crippen molar-refractivity contribution in [2.24, 2.45) is 0 Å². The summed E-state index contributed by atoms with van der Waals surface area (Å²) in [6.07, 6.45) is 0.415. The number of likely N-dealkylation sites (tertiary alicyclic amines) is 1. The number of sulfonamides is 1. The van der Waals surface area contributed by atoms with Crippen LogP contribution in [0.3, 0.4) is 0 Å². The van der Waals surface area contributed by atoms with Crippen LogP contribution in [-0.4, -0.2) is 67.5 Å². The van der Waals surface area contributed by atoms with Gasteiger partial charge in [0.1, 0.15) is 0 Å². The Bertz CT molecular complexity index is 684. The Labute approximate surface area is 136 Å². The summed E-state index contributed by atoms with van der Waals surface area (Å²) in [5, 5.41) is 19.8. The third kappa shape index (κ3) is 3.82. The molecule has 0 radical (unpaired) electrons. The Morgan fingerprint density at radius 1 is 1.35 bits per heavy atom. The molecule has 0 spiro atoms. The van der Waals surface area contributed by atoms with Crippen molar-refractivity contribution in [2.75, 3.05) is 30.7 Å². The van der Waals surface area contributed by atoms with Gasteiger partial charge in [0, 0.05) is 25.7 Å². The van der Waals surface area contributed by atoms with Crippen LogP contribution in [0.5, 0.6) is 0 Å². The average Bonchev–Trinajstić information content (AvgIpc) is 2.48. The number of hydrogen-bond acceptors (Lipinski definition) is 5. The molecule has 2 N–H and O–H groups in total. The molecule has 2 rings (SSSR count). The number of β-amino-alcohol motifs (C(OH)–C–C–N with tert-alkyl or cyclic N) is 1. The van der Waals surface area contributed by atoms with Crippen molar-refractivity contribution in [3.05, 3.63) is 29.8 Å². The fraction of sp³-hybridized carbons (Fsp3) is 0.533. The van der Waals surface area contributed by atoms with E-state index < -0.39 is 21.7 Å². The number of nitrogens with zero attached hydrogens (tertiary/aromatic N) is 2. The maximum atomic E-state index is 12.4. The van der Waals surface area contributed by atoms with Gasteiger partial charge in [-0.15, -0.1) is 0 Å². The molecule has 7 nitrogen and oxygen atoms in total. The van der Waals surface area contributed by atoms with Gasteiger partial charge < -0.3 is 15.1 Å². The van der Waals surface area contributed by atoms with Gasteiger partial charge in [-0.3, -0.25) is 9.10 Å². The first kappa shape index (κ1) is 17.7. The van der Waals surface area contributed by atoms with Crippen molar-refractivity contribution in [1.29, 1.82) is 0 Å². The van der Waals surface area contributed by atoms with Crippen LogP contribution in [0.2, 0.25) is 0 Å². The van der Waals surface area contributed by atoms with Crippen LogP contribution < -0.4 is 4.31 Å². The first-order valence-electron chi connectivity index (χ1n) is 7.26. The van der Waals surface area contributed by atoms with E-state index in [4.69, 9.17) is 0 Å². The molecule has 23 heavy (non-hydrogen) atoms. The van der Waals surface area contributed by atoms with Gasteiger partial charge in [0.25, 0.3) is 5.91 Å². The molecule has 0 aromatic heterocycles. The SMILES string of the molecule is CN(c1ccc(C(=O)N2CC[C@](C)(O)[C@H](O)C2)cc1)S(C)(=O)=O. The van der Waals surface area contributed by atoms with Gasteiger partial charge in [-0.1, -0.05) is 0 Å². The van der Waals surface area contributed by atoms with Crippen molar-refractivity contribution in [1.82, 2.24) is 4.90 Å². The van der Waals surface area contributed by atoms with E-state index in [0.717, 1.165) is 10.6 Å². The second-order valence-electron chi connectivity index (χ2n) is 6.15. The summed E-state index contributed by atoms with van der Waals surface area (Å²) < 4.78 is 24.1. The molecular formula is C15H22N2O5S. The Balaban J connectivity index is 2.12. The predicted molar refractivity (Wildman–Crippen MR) is 86.8 cm³/mol. The molecule has 0 aliphatic carbocycles. The Morgan fingerprint density at radius 2 is 1.91 bits per heavy atom. The third-order valence-corrected chi connectivity index (χ3v) is 5.47. The number of carbonyl (C=O) groups is 1. The van der Waals surface area contributed by atoms with E-state index in [1.807, 2.05) is 0 Å². The number of anilines is 1. The molecule has 1 aliphatic heterocycles. The smallest absolute Gasteiger partial charge is 0.253 e. The Kier molecular flexibility index (Phi) is 4.70. The highest BCUT2D eigenvalue weighted by atomic mass is 32.2. The van der Waals surface area contributed by atoms with Crippen molar-refractivity contribution in [2.45, 2.75) is 25.0 Å². The van der Waals surface area contributed by atoms with Crippen LogP contribution in [0, 0.1) is 0 Å². The third-order valence-electron chi connectivity index (χ3n) is 4.26. The van der Waals surface area contributed by atoms with Crippen LogP contribution in [0.1, 0.15) is 23.7 Å². The molecule has 1 amide bonds. The van der Waals surface area contributed by atoms with Crippen LogP contribution in [-0.2, 0) is 10.0 Å². The molecule has 8 heteroatoms. The number of piperidine rings is 1. The van der Waals surface area contributed by atoms with E-state index >= 15 is 0 Å². The van der Waals surface area contributed by atoms with Gasteiger partial charge in [-0.05, 0) is 37.6 Å². The molecule has 0 bridgehead atoms. The van der Waals surface area contributed by atoms with Gasteiger partial charge in [0.2, 0.25) is 10.0 Å². The van der Waals surface area contributed by atoms with Crippen LogP contribution in [0.25, 0.3) is 0 Å². The molecule has 2 atom stereocenters. The Morgan fingerprint density at radius 3 is 2.39 bits per heavy atom. The highest BCUT2D eigenvalue weighted by Crippen LogP contribution is 2.24. The lowest BCUT2D eigenvalue weighted by Gasteiger charge is -2.39. The van der Waals surface area contributed by atoms with E-state index in [2.05, 4.69) is 0 Å². The molecule has 128 valence electrons. The van der Waals surface area contributed by atoms with Crippen molar-refractivity contribution in [3.8, 4) is 0 Å². The maximum Gasteiger partial charge on any atom is 0.253 e. The lowest BCUT2D eigenvalue weighted by Crippen LogP contribution is -2.55. The lowest BCUT2D eigenvalue weighted by molar-refractivity contribution is -0.0999. The van der Waals surface area contributed by atoms with Crippen LogP contribution >= 0.6 is 0 Å². The van der Waals surface area contributed by atoms with Gasteiger partial charge in [-0.25, -0.2) is 8.42 Å². The summed E-state index contributed by atoms with van der Waals surface area (Å²) in [4.78, 5) is 13.9. The summed E-state index contributed by atoms with van der Waals surface area (Å²) in [6, 6.07) is 6.23. The van der Waals surface area contributed by atoms with Gasteiger partial charge in [0.05, 0.1) is 23.6 Å². The van der Waals surface area contributed by atoms with Crippen LogP contribution in [0.4, 0.5) is 5.69 Å². The monoisotopic (exact) mass is 342 g/mol. The van der Waals surface area contributed by atoms with Crippen molar-refractivity contribution >= 4 is 21.6 Å². The molecule has 1 saturated heterocycles. The molecule has 1 fully saturated rings. The number of rotatable bonds is 3. The standard InChI is InChI=1S/C15H22N2O5S/c1-15(20)8-9-17(10-13(15)18)14(19)11-4-6-12(7-5-11)16(2)23(3,21)22/h4-7,13,18,20H,8-10H2,1-3H3/t13-,15+/m1/s1. The van der Waals surface area contributed by atoms with E-state index in [-0.39, 0.29) is 12.5 Å². The highest BCUT2D eigenvalue weighted by molar-refractivity contribution is 7.92. The molecular weight excluding hydrogens is 320 g/mol. The minimum atomic E-state index is -3.35. The number of aliphatic hydroxyl groups is 2. The molecule has 1 aromatic carbocycles. The lowest BCUT2D eigenvalue weighted by atomic mass is 9.90. The summed E-state index contributed by atoms with van der Waals surface area (Å²) >= 11 is 0. The summed E-state index contributed by atoms with van der Waals surface area (Å²) in [7, 11) is -1.91. The van der Waals surface area contributed by atoms with Gasteiger partial charge >= 0.3 is 0 Å². The molecule has 1 heterocycles. The summed E-state index contributed by atoms with van der Waals surface area (Å²) in [5.41, 5.74) is -0.311. The quantitative estimate of drug-likeness (QED) is 0.808. The second-order valence-corrected chi connectivity index (χ2v) is 8.17. The van der Waals surface area contributed by atoms with E-state index in [0.29, 0.717) is 24.2 Å². The molecule has 1 aliphatic rings. The highest BCUT2D eigenvalue weighted by Gasteiger charge is 2.38. The first-order valence-corrected chi connectivity index (χ1v) is 9.11. The van der Waals surface area contributed by atoms with E-state index in [9.17, 15) is 23.4 Å². The Hall–Kier alpha value is -1.64. The van der Waals surface area contributed by atoms with Gasteiger partial charge in [-0.2, -0.15) is 0 Å². The molecule has 0 saturated carbocycles. The minimum Gasteiger partial charge on any atom is -0.388 e. The van der Waals surface area contributed by atoms with Crippen molar-refractivity contribution < 1.29 is 23.4 Å². The maximum absolute atomic E-state index is 12.4. The zero-order valence-corrected chi connectivity index (χ0v) is 14.2. The normalized spacial score (nSPS) is 25.3. The zero-order valence-electron chi connectivity index (χ0n) is 13.4. The second kappa shape index (κ2) is 6.10. The predicted octanol–water partition coefficient (Wildman–Crippen LogP) is 0.0402. The van der Waals surface area contributed by atoms with E-state index in [1.54, 1.807) is 31.2 Å².